The lowest BCUT2D eigenvalue weighted by Crippen LogP contribution is -2.48. The van der Waals surface area contributed by atoms with Crippen molar-refractivity contribution in [2.24, 2.45) is 0 Å². The van der Waals surface area contributed by atoms with Crippen molar-refractivity contribution in [3.05, 3.63) is 65.2 Å². The number of fused-ring (bicyclic) bond motifs is 6. The highest BCUT2D eigenvalue weighted by molar-refractivity contribution is 5.93. The molecule has 4 aromatic rings. The van der Waals surface area contributed by atoms with Crippen LogP contribution in [0.1, 0.15) is 77.3 Å². The summed E-state index contributed by atoms with van der Waals surface area (Å²) in [7, 11) is 3.85. The second kappa shape index (κ2) is 10.6. The van der Waals surface area contributed by atoms with Crippen LogP contribution in [0, 0.1) is 0 Å². The number of amides is 2. The molecule has 1 saturated carbocycles. The normalized spacial score (nSPS) is 25.1. The number of likely N-dealkylation sites (N-methyl/N-ethyl adjacent to an activating group) is 2. The van der Waals surface area contributed by atoms with E-state index in [1.807, 2.05) is 44.6 Å². The predicted molar refractivity (Wildman–Crippen MR) is 166 cm³/mol. The molecule has 0 spiro atoms. The van der Waals surface area contributed by atoms with Crippen LogP contribution in [0.5, 0.6) is 0 Å². The van der Waals surface area contributed by atoms with Gasteiger partial charge in [-0.25, -0.2) is 9.50 Å². The van der Waals surface area contributed by atoms with Crippen LogP contribution in [0.3, 0.4) is 0 Å². The lowest BCUT2D eigenvalue weighted by Gasteiger charge is -2.37. The Bertz CT molecular complexity index is 1700. The third-order valence-corrected chi connectivity index (χ3v) is 10.0. The molecule has 4 aliphatic rings. The molecule has 0 radical (unpaired) electrons. The highest BCUT2D eigenvalue weighted by atomic mass is 16.2. The topological polar surface area (TPSA) is 127 Å². The van der Waals surface area contributed by atoms with Crippen molar-refractivity contribution in [3.8, 4) is 0 Å². The van der Waals surface area contributed by atoms with E-state index in [-0.39, 0.29) is 23.9 Å². The van der Waals surface area contributed by atoms with E-state index < -0.39 is 0 Å². The fraction of sp³-hybridized carbons (Fsp3) is 0.469. The van der Waals surface area contributed by atoms with Gasteiger partial charge in [0.05, 0.1) is 0 Å². The number of benzene rings is 1. The molecule has 2 amide bonds. The van der Waals surface area contributed by atoms with Gasteiger partial charge in [-0.05, 0) is 80.3 Å². The molecule has 2 bridgehead atoms. The summed E-state index contributed by atoms with van der Waals surface area (Å²) in [6, 6.07) is 9.73. The number of aromatic amines is 1. The van der Waals surface area contributed by atoms with Gasteiger partial charge in [0.2, 0.25) is 11.9 Å². The first kappa shape index (κ1) is 27.1. The number of piperidine rings is 1. The molecule has 4 atom stereocenters. The van der Waals surface area contributed by atoms with Gasteiger partial charge >= 0.3 is 0 Å². The van der Waals surface area contributed by atoms with E-state index in [1.54, 1.807) is 15.6 Å². The minimum atomic E-state index is -0.284. The number of hydrogen-bond donors (Lipinski definition) is 3. The van der Waals surface area contributed by atoms with E-state index in [0.717, 1.165) is 43.7 Å². The molecule has 3 fully saturated rings. The Hall–Kier alpha value is -4.45. The van der Waals surface area contributed by atoms with Gasteiger partial charge in [0.1, 0.15) is 11.7 Å². The van der Waals surface area contributed by atoms with Crippen LogP contribution in [0.15, 0.2) is 42.7 Å². The van der Waals surface area contributed by atoms with E-state index in [9.17, 15) is 9.59 Å². The van der Waals surface area contributed by atoms with Crippen LogP contribution >= 0.6 is 0 Å². The largest absolute Gasteiger partial charge is 0.354 e. The van der Waals surface area contributed by atoms with E-state index in [4.69, 9.17) is 10.1 Å². The van der Waals surface area contributed by atoms with E-state index in [1.165, 1.54) is 30.5 Å². The first-order valence-electron chi connectivity index (χ1n) is 15.7. The fourth-order valence-corrected chi connectivity index (χ4v) is 7.61. The smallest absolute Gasteiger partial charge is 0.267 e. The van der Waals surface area contributed by atoms with Crippen LogP contribution < -0.4 is 15.5 Å². The molecule has 2 aliphatic carbocycles. The summed E-state index contributed by atoms with van der Waals surface area (Å²) in [5.41, 5.74) is 5.76. The summed E-state index contributed by atoms with van der Waals surface area (Å²) in [6.45, 7) is 3.01. The Labute approximate surface area is 255 Å². The number of rotatable bonds is 6. The Kier molecular flexibility index (Phi) is 6.55. The summed E-state index contributed by atoms with van der Waals surface area (Å²) in [5.74, 6) is 2.48. The minimum absolute atomic E-state index is 0.00294. The van der Waals surface area contributed by atoms with Crippen LogP contribution in [0.25, 0.3) is 5.65 Å². The van der Waals surface area contributed by atoms with Gasteiger partial charge in [0.25, 0.3) is 5.91 Å². The van der Waals surface area contributed by atoms with Crippen molar-refractivity contribution < 1.29 is 9.59 Å². The Balaban J connectivity index is 0.980. The maximum absolute atomic E-state index is 13.2. The summed E-state index contributed by atoms with van der Waals surface area (Å²) >= 11 is 0. The van der Waals surface area contributed by atoms with Crippen LogP contribution in [0.2, 0.25) is 0 Å². The molecule has 5 heterocycles. The highest BCUT2D eigenvalue weighted by Crippen LogP contribution is 2.52. The van der Waals surface area contributed by atoms with Crippen molar-refractivity contribution in [2.75, 3.05) is 50.5 Å². The van der Waals surface area contributed by atoms with E-state index >= 15 is 0 Å². The van der Waals surface area contributed by atoms with Crippen molar-refractivity contribution in [1.82, 2.24) is 39.7 Å². The molecule has 228 valence electrons. The minimum Gasteiger partial charge on any atom is -0.354 e. The van der Waals surface area contributed by atoms with Crippen molar-refractivity contribution in [1.29, 1.82) is 0 Å². The number of hydrogen-bond acceptors (Lipinski definition) is 8. The number of nitrogens with zero attached hydrogens (tertiary/aromatic N) is 7. The number of H-pyrrole nitrogens is 1. The Morgan fingerprint density at radius 1 is 1.05 bits per heavy atom. The molecule has 3 aromatic heterocycles. The fourth-order valence-electron chi connectivity index (χ4n) is 7.61. The molecule has 1 aromatic carbocycles. The molecular formula is C32H38N10O2. The number of imidazole rings is 1. The monoisotopic (exact) mass is 594 g/mol. The van der Waals surface area contributed by atoms with Gasteiger partial charge in [-0.3, -0.25) is 14.5 Å². The molecule has 3 N–H and O–H groups in total. The standard InChI is InChI=1S/C32H38N10O2/c1-39-14-15-40(2)31(44)27(39)19-7-9-22(10-8-19)34-28-29-33-11-13-42(29)38-32(37-28)41-12-3-4-23(18-41)35-30(43)25-17-24-20-5-6-21(16-20)26(24)36-25/h7-11,13,17,20-21,23,27,36H,3-6,12,14-16,18H2,1-2H3,(H,35,43)(H,34,37,38)/t20?,21?,23-,27?/m0/s1. The quantitative estimate of drug-likeness (QED) is 0.310. The predicted octanol–water partition coefficient (Wildman–Crippen LogP) is 3.40. The SMILES string of the molecule is CN1CCN(C)C(c2ccc(Nc3nc(N4CCC[C@H](NC(=O)c5cc6c([nH]5)C5CCC6C5)C4)nn4ccnc34)cc2)C1=O. The number of nitrogens with one attached hydrogen (secondary N) is 3. The number of aromatic nitrogens is 5. The summed E-state index contributed by atoms with van der Waals surface area (Å²) in [5, 5.41) is 11.4. The molecule has 8 rings (SSSR count). The average molecular weight is 595 g/mol. The Morgan fingerprint density at radius 2 is 1.89 bits per heavy atom. The second-order valence-electron chi connectivity index (χ2n) is 12.9. The zero-order valence-corrected chi connectivity index (χ0v) is 25.2. The lowest BCUT2D eigenvalue weighted by atomic mass is 9.98. The van der Waals surface area contributed by atoms with E-state index in [0.29, 0.717) is 41.5 Å². The van der Waals surface area contributed by atoms with Gasteiger partial charge in [0, 0.05) is 63.0 Å². The molecule has 2 aliphatic heterocycles. The second-order valence-corrected chi connectivity index (χ2v) is 12.9. The highest BCUT2D eigenvalue weighted by Gasteiger charge is 2.39. The van der Waals surface area contributed by atoms with Crippen molar-refractivity contribution in [2.45, 2.75) is 56.0 Å². The molecule has 12 nitrogen and oxygen atoms in total. The van der Waals surface area contributed by atoms with Gasteiger partial charge in [-0.15, -0.1) is 5.10 Å². The van der Waals surface area contributed by atoms with Gasteiger partial charge in [-0.1, -0.05) is 12.1 Å². The number of carbonyl (C=O) groups excluding carboxylic acids is 2. The molecule has 44 heavy (non-hydrogen) atoms. The number of anilines is 3. The van der Waals surface area contributed by atoms with Gasteiger partial charge in [-0.2, -0.15) is 4.98 Å². The third-order valence-electron chi connectivity index (χ3n) is 10.0. The summed E-state index contributed by atoms with van der Waals surface area (Å²) in [4.78, 5) is 44.9. The summed E-state index contributed by atoms with van der Waals surface area (Å²) < 4.78 is 1.74. The number of piperazine rings is 1. The average Bonchev–Trinajstić information content (AvgIpc) is 3.83. The molecule has 2 saturated heterocycles. The zero-order valence-electron chi connectivity index (χ0n) is 25.2. The van der Waals surface area contributed by atoms with Crippen LogP contribution in [-0.4, -0.2) is 92.5 Å². The molecule has 12 heteroatoms. The van der Waals surface area contributed by atoms with Crippen molar-refractivity contribution >= 4 is 34.9 Å². The van der Waals surface area contributed by atoms with Gasteiger partial charge < -0.3 is 25.4 Å². The maximum atomic E-state index is 13.2. The lowest BCUT2D eigenvalue weighted by molar-refractivity contribution is -0.139. The first-order chi connectivity index (χ1) is 21.4. The zero-order chi connectivity index (χ0) is 29.9. The summed E-state index contributed by atoms with van der Waals surface area (Å²) in [6.07, 6.45) is 9.08. The molecule has 3 unspecified atom stereocenters. The third kappa shape index (κ3) is 4.68. The van der Waals surface area contributed by atoms with Crippen LogP contribution in [-0.2, 0) is 4.79 Å². The van der Waals surface area contributed by atoms with Gasteiger partial charge in [0.15, 0.2) is 11.5 Å². The van der Waals surface area contributed by atoms with Crippen molar-refractivity contribution in [3.63, 3.8) is 0 Å². The Morgan fingerprint density at radius 3 is 2.73 bits per heavy atom. The van der Waals surface area contributed by atoms with E-state index in [2.05, 4.69) is 36.5 Å². The molecular weight excluding hydrogens is 556 g/mol. The van der Waals surface area contributed by atoms with Crippen LogP contribution in [0.4, 0.5) is 17.5 Å². The maximum Gasteiger partial charge on any atom is 0.267 e. The number of carbonyl (C=O) groups is 2. The first-order valence-corrected chi connectivity index (χ1v) is 15.7.